The monoisotopic (exact) mass is 554 g/mol. The van der Waals surface area contributed by atoms with E-state index < -0.39 is 10.0 Å². The lowest BCUT2D eigenvalue weighted by molar-refractivity contribution is -0.116. The van der Waals surface area contributed by atoms with Crippen LogP contribution in [0.2, 0.25) is 5.02 Å². The van der Waals surface area contributed by atoms with Crippen LogP contribution < -0.4 is 15.8 Å². The molecule has 198 valence electrons. The molecule has 1 atom stereocenters. The third-order valence-corrected chi connectivity index (χ3v) is 8.65. The summed E-state index contributed by atoms with van der Waals surface area (Å²) in [6, 6.07) is 14.0. The number of anilines is 1. The number of amides is 1. The number of nitrogen functional groups attached to an aromatic ring is 1. The van der Waals surface area contributed by atoms with Gasteiger partial charge in [-0.2, -0.15) is 4.31 Å². The predicted octanol–water partition coefficient (Wildman–Crippen LogP) is 3.18. The number of ether oxygens (including phenoxy) is 2. The summed E-state index contributed by atoms with van der Waals surface area (Å²) in [5, 5.41) is 3.28. The number of nitrogens with two attached hydrogens (primary N) is 1. The van der Waals surface area contributed by atoms with Crippen molar-refractivity contribution in [3.8, 4) is 16.9 Å². The predicted molar refractivity (Wildman–Crippen MR) is 144 cm³/mol. The quantitative estimate of drug-likeness (QED) is 0.430. The first kappa shape index (κ1) is 26.2. The maximum Gasteiger partial charge on any atom is 0.244 e. The Morgan fingerprint density at radius 3 is 2.61 bits per heavy atom. The van der Waals surface area contributed by atoms with Crippen LogP contribution in [0.25, 0.3) is 11.1 Å². The maximum absolute atomic E-state index is 13.0. The number of sulfonamides is 1. The Labute approximate surface area is 226 Å². The molecule has 0 bridgehead atoms. The fourth-order valence-corrected chi connectivity index (χ4v) is 6.06. The highest BCUT2D eigenvalue weighted by Crippen LogP contribution is 2.42. The lowest BCUT2D eigenvalue weighted by Crippen LogP contribution is -2.40. The number of hydrogen-bond donors (Lipinski definition) is 2. The van der Waals surface area contributed by atoms with Crippen molar-refractivity contribution in [2.24, 2.45) is 0 Å². The maximum atomic E-state index is 13.0. The van der Waals surface area contributed by atoms with Gasteiger partial charge >= 0.3 is 0 Å². The lowest BCUT2D eigenvalue weighted by Gasteiger charge is -2.26. The van der Waals surface area contributed by atoms with Crippen LogP contribution in [-0.4, -0.2) is 56.0 Å². The standard InChI is InChI=1S/C27H27ClN4O5S/c28-24-8-7-22(19-2-5-21(6-3-19)38(34,35)32-11-13-36-14-12-32)23-15-20(37-27(23)24)4-10-26(33)31-17-18-1-9-25(29)30-16-18/h1-10,16,20H,11-15,17H2,(H2,29,30)(H,31,33). The van der Waals surface area contributed by atoms with E-state index >= 15 is 0 Å². The van der Waals surface area contributed by atoms with Crippen molar-refractivity contribution >= 4 is 33.3 Å². The summed E-state index contributed by atoms with van der Waals surface area (Å²) in [4.78, 5) is 16.6. The van der Waals surface area contributed by atoms with Gasteiger partial charge in [-0.25, -0.2) is 13.4 Å². The fraction of sp³-hybridized carbons (Fsp3) is 0.259. The summed E-state index contributed by atoms with van der Waals surface area (Å²) in [7, 11) is -3.58. The molecule has 2 aliphatic heterocycles. The van der Waals surface area contributed by atoms with Gasteiger partial charge in [-0.1, -0.05) is 35.9 Å². The number of pyridine rings is 1. The number of carbonyl (C=O) groups is 1. The Bertz CT molecular complexity index is 1450. The van der Waals surface area contributed by atoms with Crippen LogP contribution in [0.15, 0.2) is 71.8 Å². The van der Waals surface area contributed by atoms with Gasteiger partial charge in [-0.3, -0.25) is 4.79 Å². The molecule has 0 saturated carbocycles. The molecule has 3 aromatic rings. The van der Waals surface area contributed by atoms with E-state index in [9.17, 15) is 13.2 Å². The molecule has 0 aliphatic carbocycles. The number of nitrogens with zero attached hydrogens (tertiary/aromatic N) is 2. The molecule has 1 saturated heterocycles. The average Bonchev–Trinajstić information content (AvgIpc) is 3.38. The van der Waals surface area contributed by atoms with Crippen molar-refractivity contribution in [2.75, 3.05) is 32.0 Å². The smallest absolute Gasteiger partial charge is 0.244 e. The normalized spacial score (nSPS) is 17.8. The Hall–Kier alpha value is -3.44. The van der Waals surface area contributed by atoms with E-state index in [1.807, 2.05) is 6.07 Å². The van der Waals surface area contributed by atoms with E-state index in [4.69, 9.17) is 26.8 Å². The van der Waals surface area contributed by atoms with E-state index in [0.29, 0.717) is 55.9 Å². The minimum atomic E-state index is -3.58. The van der Waals surface area contributed by atoms with Crippen molar-refractivity contribution < 1.29 is 22.7 Å². The zero-order valence-corrected chi connectivity index (χ0v) is 22.0. The molecule has 0 radical (unpaired) electrons. The highest BCUT2D eigenvalue weighted by atomic mass is 35.5. The van der Waals surface area contributed by atoms with Crippen LogP contribution in [0.5, 0.6) is 5.75 Å². The molecular weight excluding hydrogens is 528 g/mol. The third kappa shape index (κ3) is 5.68. The Kier molecular flexibility index (Phi) is 7.66. The number of hydrogen-bond acceptors (Lipinski definition) is 7. The van der Waals surface area contributed by atoms with Crippen LogP contribution in [-0.2, 0) is 32.5 Å². The highest BCUT2D eigenvalue weighted by Gasteiger charge is 2.28. The first-order valence-corrected chi connectivity index (χ1v) is 14.0. The fourth-order valence-electron chi connectivity index (χ4n) is 4.43. The number of benzene rings is 2. The molecule has 38 heavy (non-hydrogen) atoms. The second-order valence-electron chi connectivity index (χ2n) is 8.97. The Morgan fingerprint density at radius 2 is 1.89 bits per heavy atom. The number of halogens is 1. The summed E-state index contributed by atoms with van der Waals surface area (Å²) in [6.45, 7) is 1.81. The Balaban J connectivity index is 1.27. The van der Waals surface area contributed by atoms with Crippen molar-refractivity contribution in [1.82, 2.24) is 14.6 Å². The van der Waals surface area contributed by atoms with Crippen molar-refractivity contribution in [3.63, 3.8) is 0 Å². The van der Waals surface area contributed by atoms with Gasteiger partial charge in [0.2, 0.25) is 15.9 Å². The molecule has 2 aromatic carbocycles. The van der Waals surface area contributed by atoms with Crippen molar-refractivity contribution in [1.29, 1.82) is 0 Å². The molecule has 1 fully saturated rings. The zero-order chi connectivity index (χ0) is 26.7. The Morgan fingerprint density at radius 1 is 1.13 bits per heavy atom. The third-order valence-electron chi connectivity index (χ3n) is 6.44. The lowest BCUT2D eigenvalue weighted by atomic mass is 9.96. The number of carbonyl (C=O) groups excluding carboxylic acids is 1. The summed E-state index contributed by atoms with van der Waals surface area (Å²) in [6.07, 6.45) is 4.91. The van der Waals surface area contributed by atoms with E-state index in [1.165, 1.54) is 10.4 Å². The average molecular weight is 555 g/mol. The van der Waals surface area contributed by atoms with Gasteiger partial charge in [-0.15, -0.1) is 0 Å². The number of aromatic nitrogens is 1. The molecule has 9 nitrogen and oxygen atoms in total. The first-order chi connectivity index (χ1) is 18.3. The largest absolute Gasteiger partial charge is 0.484 e. The molecular formula is C27H27ClN4O5S. The number of nitrogens with one attached hydrogen (secondary N) is 1. The van der Waals surface area contributed by atoms with Gasteiger partial charge in [0.05, 0.1) is 23.1 Å². The van der Waals surface area contributed by atoms with E-state index in [-0.39, 0.29) is 16.9 Å². The minimum Gasteiger partial charge on any atom is -0.484 e. The van der Waals surface area contributed by atoms with Crippen LogP contribution in [0.4, 0.5) is 5.82 Å². The molecule has 1 unspecified atom stereocenters. The first-order valence-electron chi connectivity index (χ1n) is 12.1. The molecule has 5 rings (SSSR count). The summed E-state index contributed by atoms with van der Waals surface area (Å²) >= 11 is 6.42. The molecule has 3 heterocycles. The van der Waals surface area contributed by atoms with Crippen molar-refractivity contribution in [2.45, 2.75) is 24.0 Å². The molecule has 1 aromatic heterocycles. The second kappa shape index (κ2) is 11.1. The number of fused-ring (bicyclic) bond motifs is 1. The van der Waals surface area contributed by atoms with Gasteiger partial charge in [-0.05, 0) is 47.0 Å². The molecule has 3 N–H and O–H groups in total. The molecule has 2 aliphatic rings. The van der Waals surface area contributed by atoms with Crippen LogP contribution in [0, 0.1) is 0 Å². The van der Waals surface area contributed by atoms with Gasteiger partial charge in [0.25, 0.3) is 0 Å². The van der Waals surface area contributed by atoms with Crippen LogP contribution >= 0.6 is 11.6 Å². The van der Waals surface area contributed by atoms with E-state index in [0.717, 1.165) is 22.3 Å². The van der Waals surface area contributed by atoms with Gasteiger partial charge in [0.1, 0.15) is 17.7 Å². The summed E-state index contributed by atoms with van der Waals surface area (Å²) in [5.74, 6) is 0.729. The van der Waals surface area contributed by atoms with E-state index in [1.54, 1.807) is 54.7 Å². The summed E-state index contributed by atoms with van der Waals surface area (Å²) < 4.78 is 38.7. The second-order valence-corrected chi connectivity index (χ2v) is 11.3. The highest BCUT2D eigenvalue weighted by molar-refractivity contribution is 7.89. The number of morpholine rings is 1. The summed E-state index contributed by atoms with van der Waals surface area (Å²) in [5.41, 5.74) is 9.08. The zero-order valence-electron chi connectivity index (χ0n) is 20.5. The van der Waals surface area contributed by atoms with E-state index in [2.05, 4.69) is 10.3 Å². The van der Waals surface area contributed by atoms with Crippen LogP contribution in [0.3, 0.4) is 0 Å². The van der Waals surface area contributed by atoms with Gasteiger partial charge in [0, 0.05) is 43.9 Å². The molecule has 0 spiro atoms. The van der Waals surface area contributed by atoms with Crippen molar-refractivity contribution in [3.05, 3.63) is 83.0 Å². The molecule has 1 amide bonds. The van der Waals surface area contributed by atoms with Crippen LogP contribution in [0.1, 0.15) is 11.1 Å². The van der Waals surface area contributed by atoms with Gasteiger partial charge in [0.15, 0.2) is 0 Å². The SMILES string of the molecule is Nc1ccc(CNC(=O)C=CC2Cc3c(-c4ccc(S(=O)(=O)N5CCOCC5)cc4)ccc(Cl)c3O2)cn1. The minimum absolute atomic E-state index is 0.242. The topological polar surface area (TPSA) is 124 Å². The van der Waals surface area contributed by atoms with Gasteiger partial charge < -0.3 is 20.5 Å². The molecule has 11 heteroatoms. The number of rotatable bonds is 7.